The van der Waals surface area contributed by atoms with E-state index >= 15 is 0 Å². The molecule has 0 radical (unpaired) electrons. The lowest BCUT2D eigenvalue weighted by atomic mass is 9.87. The molecule has 1 aromatic heterocycles. The van der Waals surface area contributed by atoms with Crippen molar-refractivity contribution in [2.24, 2.45) is 5.92 Å². The number of aromatic amines is 1. The number of sulfonamides is 1. The Bertz CT molecular complexity index is 1400. The van der Waals surface area contributed by atoms with Crippen LogP contribution in [0.4, 0.5) is 0 Å². The summed E-state index contributed by atoms with van der Waals surface area (Å²) in [5.41, 5.74) is 2.17. The predicted octanol–water partition coefficient (Wildman–Crippen LogP) is 3.67. The van der Waals surface area contributed by atoms with Crippen LogP contribution in [0.3, 0.4) is 0 Å². The summed E-state index contributed by atoms with van der Waals surface area (Å²) in [7, 11) is -3.63. The molecule has 0 aliphatic carbocycles. The van der Waals surface area contributed by atoms with Crippen LogP contribution in [0.25, 0.3) is 10.9 Å². The highest BCUT2D eigenvalue weighted by Crippen LogP contribution is 2.27. The molecule has 0 atom stereocenters. The maximum absolute atomic E-state index is 13.1. The minimum Gasteiger partial charge on any atom is -0.457 e. The lowest BCUT2D eigenvalue weighted by molar-refractivity contribution is -0.151. The van der Waals surface area contributed by atoms with Gasteiger partial charge in [-0.25, -0.2) is 13.4 Å². The fourth-order valence-electron chi connectivity index (χ4n) is 4.29. The van der Waals surface area contributed by atoms with Crippen molar-refractivity contribution < 1.29 is 17.9 Å². The molecule has 0 unspecified atom stereocenters. The number of ether oxygens (including phenoxy) is 1. The molecule has 0 amide bonds. The van der Waals surface area contributed by atoms with Crippen LogP contribution in [-0.4, -0.2) is 41.7 Å². The van der Waals surface area contributed by atoms with Gasteiger partial charge >= 0.3 is 5.97 Å². The number of aromatic nitrogens is 2. The minimum absolute atomic E-state index is 0.0603. The number of carbonyl (C=O) groups is 1. The second-order valence-electron chi connectivity index (χ2n) is 10.0. The second kappa shape index (κ2) is 9.54. The zero-order valence-electron chi connectivity index (χ0n) is 20.5. The maximum Gasteiger partial charge on any atom is 0.309 e. The number of esters is 1. The molecule has 1 N–H and O–H groups in total. The summed E-state index contributed by atoms with van der Waals surface area (Å²) < 4.78 is 33.0. The molecular weight excluding hydrogens is 466 g/mol. The lowest BCUT2D eigenvalue weighted by Crippen LogP contribution is -2.40. The number of aryl methyl sites for hydroxylation is 1. The average Bonchev–Trinajstić information content (AvgIpc) is 2.83. The van der Waals surface area contributed by atoms with E-state index < -0.39 is 21.9 Å². The molecular formula is C26H31N3O5S. The molecule has 1 aliphatic rings. The topological polar surface area (TPSA) is 109 Å². The van der Waals surface area contributed by atoms with E-state index in [0.29, 0.717) is 23.7 Å². The number of carbonyl (C=O) groups excluding carboxylic acids is 1. The van der Waals surface area contributed by atoms with Gasteiger partial charge in [-0.1, -0.05) is 45.0 Å². The van der Waals surface area contributed by atoms with Gasteiger partial charge in [0.15, 0.2) is 0 Å². The Labute approximate surface area is 205 Å². The fraction of sp³-hybridized carbons (Fsp3) is 0.423. The molecule has 186 valence electrons. The second-order valence-corrected chi connectivity index (χ2v) is 12.0. The highest BCUT2D eigenvalue weighted by molar-refractivity contribution is 7.89. The number of piperidine rings is 1. The van der Waals surface area contributed by atoms with E-state index in [0.717, 1.165) is 11.1 Å². The zero-order valence-corrected chi connectivity index (χ0v) is 21.3. The Morgan fingerprint density at radius 2 is 1.77 bits per heavy atom. The number of benzene rings is 2. The molecule has 4 rings (SSSR count). The first-order valence-electron chi connectivity index (χ1n) is 11.7. The lowest BCUT2D eigenvalue weighted by Gasteiger charge is -2.30. The van der Waals surface area contributed by atoms with Crippen molar-refractivity contribution >= 4 is 26.9 Å². The molecule has 0 spiro atoms. The van der Waals surface area contributed by atoms with Crippen molar-refractivity contribution in [1.82, 2.24) is 14.3 Å². The number of hydrogen-bond donors (Lipinski definition) is 1. The molecule has 9 heteroatoms. The van der Waals surface area contributed by atoms with Gasteiger partial charge in [-0.2, -0.15) is 4.31 Å². The molecule has 0 bridgehead atoms. The highest BCUT2D eigenvalue weighted by atomic mass is 32.2. The van der Waals surface area contributed by atoms with E-state index in [9.17, 15) is 18.0 Å². The van der Waals surface area contributed by atoms with Gasteiger partial charge in [0.1, 0.15) is 12.4 Å². The third-order valence-corrected chi connectivity index (χ3v) is 8.40. The molecule has 35 heavy (non-hydrogen) atoms. The summed E-state index contributed by atoms with van der Waals surface area (Å²) in [6, 6.07) is 12.4. The number of fused-ring (bicyclic) bond motifs is 1. The van der Waals surface area contributed by atoms with Crippen molar-refractivity contribution in [1.29, 1.82) is 0 Å². The zero-order chi connectivity index (χ0) is 25.4. The minimum atomic E-state index is -3.63. The van der Waals surface area contributed by atoms with Crippen LogP contribution in [-0.2, 0) is 31.6 Å². The summed E-state index contributed by atoms with van der Waals surface area (Å²) in [6.45, 7) is 8.45. The molecule has 1 aliphatic heterocycles. The Morgan fingerprint density at radius 3 is 2.40 bits per heavy atom. The van der Waals surface area contributed by atoms with Crippen molar-refractivity contribution in [2.75, 3.05) is 13.1 Å². The van der Waals surface area contributed by atoms with Crippen LogP contribution in [0.2, 0.25) is 0 Å². The molecule has 2 aromatic carbocycles. The Kier molecular flexibility index (Phi) is 6.83. The highest BCUT2D eigenvalue weighted by Gasteiger charge is 2.33. The smallest absolute Gasteiger partial charge is 0.309 e. The van der Waals surface area contributed by atoms with Crippen LogP contribution < -0.4 is 5.56 Å². The monoisotopic (exact) mass is 497 g/mol. The molecule has 0 saturated carbocycles. The van der Waals surface area contributed by atoms with Gasteiger partial charge in [0.25, 0.3) is 5.56 Å². The number of nitrogens with zero attached hydrogens (tertiary/aromatic N) is 2. The quantitative estimate of drug-likeness (QED) is 0.539. The number of nitrogens with one attached hydrogen (secondary N) is 1. The molecule has 1 fully saturated rings. The van der Waals surface area contributed by atoms with Crippen LogP contribution in [0, 0.1) is 12.8 Å². The van der Waals surface area contributed by atoms with Gasteiger partial charge in [0.05, 0.1) is 21.7 Å². The third-order valence-electron chi connectivity index (χ3n) is 6.48. The Balaban J connectivity index is 1.36. The molecule has 8 nitrogen and oxygen atoms in total. The van der Waals surface area contributed by atoms with Crippen molar-refractivity contribution in [2.45, 2.75) is 57.5 Å². The largest absolute Gasteiger partial charge is 0.457 e. The number of para-hydroxylation sites is 1. The van der Waals surface area contributed by atoms with Gasteiger partial charge in [-0.15, -0.1) is 0 Å². The Morgan fingerprint density at radius 1 is 1.11 bits per heavy atom. The van der Waals surface area contributed by atoms with Gasteiger partial charge in [0, 0.05) is 13.1 Å². The summed E-state index contributed by atoms with van der Waals surface area (Å²) in [5.74, 6) is -0.536. The molecule has 3 aromatic rings. The van der Waals surface area contributed by atoms with Gasteiger partial charge in [-0.05, 0) is 54.5 Å². The number of H-pyrrole nitrogens is 1. The summed E-state index contributed by atoms with van der Waals surface area (Å²) in [4.78, 5) is 32.3. The molecule has 2 heterocycles. The standard InChI is InChI=1S/C26H31N3O5S/c1-17-6-5-7-21-23(17)27-22(28-24(21)30)16-34-25(31)18-12-14-29(15-13-18)35(32,33)20-10-8-19(9-11-20)26(2,3)4/h5-11,18H,12-16H2,1-4H3,(H,27,28,30). The van der Waals surface area contributed by atoms with E-state index in [1.54, 1.807) is 24.3 Å². The van der Waals surface area contributed by atoms with E-state index in [2.05, 4.69) is 30.7 Å². The first-order valence-corrected chi connectivity index (χ1v) is 13.2. The molecule has 1 saturated heterocycles. The van der Waals surface area contributed by atoms with Gasteiger partial charge in [-0.3, -0.25) is 9.59 Å². The van der Waals surface area contributed by atoms with E-state index in [1.807, 2.05) is 25.1 Å². The van der Waals surface area contributed by atoms with Crippen molar-refractivity contribution in [3.8, 4) is 0 Å². The predicted molar refractivity (Wildman–Crippen MR) is 134 cm³/mol. The summed E-state index contributed by atoms with van der Waals surface area (Å²) >= 11 is 0. The number of hydrogen-bond acceptors (Lipinski definition) is 6. The van der Waals surface area contributed by atoms with Crippen LogP contribution >= 0.6 is 0 Å². The Hall–Kier alpha value is -3.04. The normalized spacial score (nSPS) is 15.9. The SMILES string of the molecule is Cc1cccc2c(=O)[nH]c(COC(=O)C3CCN(S(=O)(=O)c4ccc(C(C)(C)C)cc4)CC3)nc12. The van der Waals surface area contributed by atoms with Gasteiger partial charge < -0.3 is 9.72 Å². The first-order chi connectivity index (χ1) is 16.5. The van der Waals surface area contributed by atoms with Crippen LogP contribution in [0.5, 0.6) is 0 Å². The van der Waals surface area contributed by atoms with Crippen LogP contribution in [0.1, 0.15) is 50.6 Å². The van der Waals surface area contributed by atoms with E-state index in [-0.39, 0.29) is 41.4 Å². The summed E-state index contributed by atoms with van der Waals surface area (Å²) in [6.07, 6.45) is 0.748. The fourth-order valence-corrected chi connectivity index (χ4v) is 5.76. The van der Waals surface area contributed by atoms with Crippen molar-refractivity contribution in [3.63, 3.8) is 0 Å². The average molecular weight is 498 g/mol. The van der Waals surface area contributed by atoms with Gasteiger partial charge in [0.2, 0.25) is 10.0 Å². The number of rotatable bonds is 5. The van der Waals surface area contributed by atoms with E-state index in [1.165, 1.54) is 4.31 Å². The van der Waals surface area contributed by atoms with Crippen LogP contribution in [0.15, 0.2) is 52.2 Å². The maximum atomic E-state index is 13.1. The van der Waals surface area contributed by atoms with E-state index in [4.69, 9.17) is 4.74 Å². The third kappa shape index (κ3) is 5.31. The van der Waals surface area contributed by atoms with Crippen molar-refractivity contribution in [3.05, 3.63) is 69.8 Å². The first kappa shape index (κ1) is 25.1. The summed E-state index contributed by atoms with van der Waals surface area (Å²) in [5, 5.41) is 0.488.